The Balaban J connectivity index is 0.00000220. The largest absolute Gasteiger partial charge is 0.329 e. The normalized spacial score (nSPS) is 23.6. The number of benzene rings is 1. The van der Waals surface area contributed by atoms with Crippen molar-refractivity contribution in [2.45, 2.75) is 37.2 Å². The summed E-state index contributed by atoms with van der Waals surface area (Å²) in [6, 6.07) is 7.63. The van der Waals surface area contributed by atoms with Crippen LogP contribution in [-0.2, 0) is 16.4 Å². The number of rotatable bonds is 4. The Morgan fingerprint density at radius 2 is 1.90 bits per heavy atom. The minimum Gasteiger partial charge on any atom is -0.329 e. The predicted molar refractivity (Wildman–Crippen MR) is 88.5 cm³/mol. The van der Waals surface area contributed by atoms with Crippen molar-refractivity contribution in [2.24, 2.45) is 11.7 Å². The summed E-state index contributed by atoms with van der Waals surface area (Å²) in [5.41, 5.74) is 7.01. The van der Waals surface area contributed by atoms with Crippen LogP contribution in [0.1, 0.15) is 25.3 Å². The highest BCUT2D eigenvalue weighted by molar-refractivity contribution is 7.90. The highest BCUT2D eigenvalue weighted by atomic mass is 35.5. The van der Waals surface area contributed by atoms with Crippen LogP contribution >= 0.6 is 12.4 Å². The van der Waals surface area contributed by atoms with E-state index in [4.69, 9.17) is 5.73 Å². The standard InChI is InChI=1S/C15H24N2O2S.ClH/c1-12-7-8-17(14(9-12)10-16)11-13-3-5-15(6-4-13)20(2,18)19;/h3-6,12,14H,7-11,16H2,1-2H3;1H. The molecule has 1 aliphatic heterocycles. The summed E-state index contributed by atoms with van der Waals surface area (Å²) in [4.78, 5) is 2.79. The van der Waals surface area contributed by atoms with Crippen LogP contribution in [-0.4, -0.2) is 38.7 Å². The second kappa shape index (κ2) is 7.58. The average Bonchev–Trinajstić information content (AvgIpc) is 2.40. The van der Waals surface area contributed by atoms with Gasteiger partial charge >= 0.3 is 0 Å². The van der Waals surface area contributed by atoms with Gasteiger partial charge in [-0.15, -0.1) is 12.4 Å². The molecular weight excluding hydrogens is 308 g/mol. The van der Waals surface area contributed by atoms with E-state index in [1.807, 2.05) is 12.1 Å². The minimum atomic E-state index is -3.11. The fourth-order valence-electron chi connectivity index (χ4n) is 2.83. The van der Waals surface area contributed by atoms with Crippen LogP contribution in [0.2, 0.25) is 0 Å². The molecule has 2 atom stereocenters. The number of likely N-dealkylation sites (tertiary alicyclic amines) is 1. The molecule has 21 heavy (non-hydrogen) atoms. The molecular formula is C15H25ClN2O2S. The van der Waals surface area contributed by atoms with Crippen molar-refractivity contribution in [1.82, 2.24) is 4.90 Å². The van der Waals surface area contributed by atoms with E-state index in [-0.39, 0.29) is 12.4 Å². The van der Waals surface area contributed by atoms with Gasteiger partial charge in [0.15, 0.2) is 9.84 Å². The number of nitrogens with two attached hydrogens (primary N) is 1. The molecule has 1 aromatic rings. The van der Waals surface area contributed by atoms with Gasteiger partial charge in [-0.2, -0.15) is 0 Å². The van der Waals surface area contributed by atoms with Crippen molar-refractivity contribution < 1.29 is 8.42 Å². The molecule has 4 nitrogen and oxygen atoms in total. The molecule has 1 fully saturated rings. The predicted octanol–water partition coefficient (Wildman–Crippen LogP) is 2.07. The van der Waals surface area contributed by atoms with Crippen LogP contribution in [0.5, 0.6) is 0 Å². The second-order valence-electron chi connectivity index (χ2n) is 5.91. The van der Waals surface area contributed by atoms with Gasteiger partial charge in [-0.25, -0.2) is 8.42 Å². The van der Waals surface area contributed by atoms with Gasteiger partial charge in [-0.05, 0) is 43.0 Å². The summed E-state index contributed by atoms with van der Waals surface area (Å²) in [5, 5.41) is 0. The van der Waals surface area contributed by atoms with Crippen LogP contribution in [0, 0.1) is 5.92 Å². The molecule has 1 heterocycles. The maximum atomic E-state index is 11.4. The third-order valence-electron chi connectivity index (χ3n) is 4.11. The van der Waals surface area contributed by atoms with E-state index in [1.165, 1.54) is 12.7 Å². The van der Waals surface area contributed by atoms with E-state index in [1.54, 1.807) is 12.1 Å². The molecule has 0 saturated carbocycles. The number of halogens is 1. The molecule has 1 aliphatic rings. The first kappa shape index (κ1) is 18.4. The van der Waals surface area contributed by atoms with Gasteiger partial charge in [0, 0.05) is 25.4 Å². The molecule has 0 aromatic heterocycles. The molecule has 0 amide bonds. The molecule has 2 rings (SSSR count). The molecule has 2 unspecified atom stereocenters. The fourth-order valence-corrected chi connectivity index (χ4v) is 3.46. The van der Waals surface area contributed by atoms with Gasteiger partial charge in [0.05, 0.1) is 4.90 Å². The molecule has 0 spiro atoms. The van der Waals surface area contributed by atoms with Crippen molar-refractivity contribution in [3.05, 3.63) is 29.8 Å². The first-order valence-corrected chi connectivity index (χ1v) is 9.02. The minimum absolute atomic E-state index is 0. The lowest BCUT2D eigenvalue weighted by atomic mass is 9.92. The Morgan fingerprint density at radius 1 is 1.29 bits per heavy atom. The highest BCUT2D eigenvalue weighted by Crippen LogP contribution is 2.24. The first-order valence-electron chi connectivity index (χ1n) is 7.13. The quantitative estimate of drug-likeness (QED) is 0.916. The van der Waals surface area contributed by atoms with Crippen LogP contribution in [0.4, 0.5) is 0 Å². The lowest BCUT2D eigenvalue weighted by molar-refractivity contribution is 0.115. The number of piperidine rings is 1. The van der Waals surface area contributed by atoms with E-state index in [0.29, 0.717) is 17.5 Å². The smallest absolute Gasteiger partial charge is 0.175 e. The molecule has 6 heteroatoms. The summed E-state index contributed by atoms with van der Waals surface area (Å²) in [6.07, 6.45) is 3.59. The van der Waals surface area contributed by atoms with Crippen LogP contribution in [0.15, 0.2) is 29.2 Å². The van der Waals surface area contributed by atoms with Crippen molar-refractivity contribution in [3.63, 3.8) is 0 Å². The van der Waals surface area contributed by atoms with E-state index < -0.39 is 9.84 Å². The first-order chi connectivity index (χ1) is 9.40. The molecule has 0 radical (unpaired) electrons. The molecule has 0 aliphatic carbocycles. The summed E-state index contributed by atoms with van der Waals surface area (Å²) >= 11 is 0. The van der Waals surface area contributed by atoms with Crippen molar-refractivity contribution in [1.29, 1.82) is 0 Å². The lowest BCUT2D eigenvalue weighted by Crippen LogP contribution is -2.45. The molecule has 0 bridgehead atoms. The second-order valence-corrected chi connectivity index (χ2v) is 7.92. The lowest BCUT2D eigenvalue weighted by Gasteiger charge is -2.38. The Hall–Kier alpha value is -0.620. The summed E-state index contributed by atoms with van der Waals surface area (Å²) in [5.74, 6) is 0.743. The van der Waals surface area contributed by atoms with E-state index in [0.717, 1.165) is 31.0 Å². The van der Waals surface area contributed by atoms with E-state index in [9.17, 15) is 8.42 Å². The van der Waals surface area contributed by atoms with Crippen LogP contribution in [0.3, 0.4) is 0 Å². The number of hydrogen-bond donors (Lipinski definition) is 1. The van der Waals surface area contributed by atoms with Crippen LogP contribution in [0.25, 0.3) is 0 Å². The van der Waals surface area contributed by atoms with E-state index >= 15 is 0 Å². The fraction of sp³-hybridized carbons (Fsp3) is 0.600. The number of sulfone groups is 1. The zero-order valence-corrected chi connectivity index (χ0v) is 14.3. The van der Waals surface area contributed by atoms with E-state index in [2.05, 4.69) is 11.8 Å². The average molecular weight is 333 g/mol. The van der Waals surface area contributed by atoms with Crippen LogP contribution < -0.4 is 5.73 Å². The molecule has 2 N–H and O–H groups in total. The van der Waals surface area contributed by atoms with Gasteiger partial charge in [0.2, 0.25) is 0 Å². The summed E-state index contributed by atoms with van der Waals surface area (Å²) < 4.78 is 22.9. The maximum Gasteiger partial charge on any atom is 0.175 e. The molecule has 120 valence electrons. The van der Waals surface area contributed by atoms with Gasteiger partial charge < -0.3 is 5.73 Å². The Bertz CT molecular complexity index is 545. The van der Waals surface area contributed by atoms with Gasteiger partial charge in [-0.3, -0.25) is 4.90 Å². The van der Waals surface area contributed by atoms with Gasteiger partial charge in [0.25, 0.3) is 0 Å². The Kier molecular flexibility index (Phi) is 6.66. The van der Waals surface area contributed by atoms with Crippen molar-refractivity contribution >= 4 is 22.2 Å². The molecule has 1 aromatic carbocycles. The summed E-state index contributed by atoms with van der Waals surface area (Å²) in [6.45, 7) is 4.88. The maximum absolute atomic E-state index is 11.4. The zero-order chi connectivity index (χ0) is 14.8. The SMILES string of the molecule is CC1CCN(Cc2ccc(S(C)(=O)=O)cc2)C(CN)C1.Cl. The molecule has 1 saturated heterocycles. The van der Waals surface area contributed by atoms with Crippen molar-refractivity contribution in [2.75, 3.05) is 19.3 Å². The third-order valence-corrected chi connectivity index (χ3v) is 5.24. The summed E-state index contributed by atoms with van der Waals surface area (Å²) in [7, 11) is -3.11. The van der Waals surface area contributed by atoms with Gasteiger partial charge in [-0.1, -0.05) is 19.1 Å². The Morgan fingerprint density at radius 3 is 2.43 bits per heavy atom. The number of hydrogen-bond acceptors (Lipinski definition) is 4. The number of nitrogens with zero attached hydrogens (tertiary/aromatic N) is 1. The van der Waals surface area contributed by atoms with Gasteiger partial charge in [0.1, 0.15) is 0 Å². The highest BCUT2D eigenvalue weighted by Gasteiger charge is 2.25. The topological polar surface area (TPSA) is 63.4 Å². The monoisotopic (exact) mass is 332 g/mol. The third kappa shape index (κ3) is 4.95. The zero-order valence-electron chi connectivity index (χ0n) is 12.7. The Labute approximate surface area is 134 Å². The van der Waals surface area contributed by atoms with Crippen molar-refractivity contribution in [3.8, 4) is 0 Å².